The van der Waals surface area contributed by atoms with Crippen LogP contribution in [0, 0.1) is 10.5 Å². The molecule has 0 unspecified atom stereocenters. The highest BCUT2D eigenvalue weighted by molar-refractivity contribution is 14.1. The minimum Gasteiger partial charge on any atom is -0.294 e. The Labute approximate surface area is 79.9 Å². The number of benzene rings is 1. The zero-order valence-electron chi connectivity index (χ0n) is 6.01. The molecule has 0 saturated carbocycles. The molecule has 0 fully saturated rings. The Morgan fingerprint density at radius 1 is 1.45 bits per heavy atom. The number of rotatable bonds is 2. The van der Waals surface area contributed by atoms with Crippen molar-refractivity contribution in [1.82, 2.24) is 0 Å². The van der Waals surface area contributed by atoms with Crippen LogP contribution in [0.5, 0.6) is 0 Å². The van der Waals surface area contributed by atoms with E-state index in [1.54, 1.807) is 0 Å². The number of halogens is 1. The summed E-state index contributed by atoms with van der Waals surface area (Å²) in [7, 11) is 0. The Bertz CT molecular complexity index is 268. The topological polar surface area (TPSA) is 17.1 Å². The molecule has 0 aliphatic heterocycles. The van der Waals surface area contributed by atoms with Gasteiger partial charge >= 0.3 is 0 Å². The van der Waals surface area contributed by atoms with Crippen LogP contribution in [0.2, 0.25) is 0 Å². The van der Waals surface area contributed by atoms with Gasteiger partial charge in [0.05, 0.1) is 0 Å². The van der Waals surface area contributed by atoms with Crippen molar-refractivity contribution in [1.29, 1.82) is 0 Å². The maximum absolute atomic E-state index is 11.2. The fourth-order valence-corrected chi connectivity index (χ4v) is 1.51. The summed E-state index contributed by atoms with van der Waals surface area (Å²) in [6.07, 6.45) is 0.333. The first kappa shape index (κ1) is 8.71. The number of carbonyl (C=O) groups excluding carboxylic acids is 1. The van der Waals surface area contributed by atoms with Gasteiger partial charge in [-0.05, 0) is 35.6 Å². The molecule has 11 heavy (non-hydrogen) atoms. The Hall–Kier alpha value is -0.380. The molecule has 0 heterocycles. The van der Waals surface area contributed by atoms with Crippen molar-refractivity contribution in [2.24, 2.45) is 0 Å². The lowest BCUT2D eigenvalue weighted by Crippen LogP contribution is -1.98. The van der Waals surface area contributed by atoms with Gasteiger partial charge in [0.15, 0.2) is 5.78 Å². The van der Waals surface area contributed by atoms with Crippen molar-refractivity contribution < 1.29 is 4.79 Å². The maximum Gasteiger partial charge on any atom is 0.163 e. The van der Waals surface area contributed by atoms with E-state index < -0.39 is 0 Å². The molecule has 0 spiro atoms. The van der Waals surface area contributed by atoms with E-state index in [1.807, 2.05) is 24.3 Å². The Balaban J connectivity index is 3.03. The molecular weight excluding hydrogens is 251 g/mol. The molecule has 0 bridgehead atoms. The van der Waals surface area contributed by atoms with Gasteiger partial charge in [0.2, 0.25) is 0 Å². The van der Waals surface area contributed by atoms with Gasteiger partial charge in [-0.2, -0.15) is 0 Å². The number of Topliss-reactive ketones (excluding diaryl/α,β-unsaturated/α-hetero) is 1. The number of carbonyl (C=O) groups is 1. The lowest BCUT2D eigenvalue weighted by molar-refractivity contribution is 0.0994. The predicted octanol–water partition coefficient (Wildman–Crippen LogP) is 2.70. The summed E-state index contributed by atoms with van der Waals surface area (Å²) in [5.74, 6) is 0.106. The van der Waals surface area contributed by atoms with E-state index in [-0.39, 0.29) is 5.78 Å². The van der Waals surface area contributed by atoms with E-state index in [0.29, 0.717) is 6.42 Å². The molecule has 1 radical (unpaired) electrons. The molecule has 0 aromatic heterocycles. The first-order chi connectivity index (χ1) is 5.25. The van der Waals surface area contributed by atoms with Crippen molar-refractivity contribution in [3.63, 3.8) is 0 Å². The summed E-state index contributed by atoms with van der Waals surface area (Å²) in [4.78, 5) is 11.2. The van der Waals surface area contributed by atoms with Gasteiger partial charge in [-0.25, -0.2) is 0 Å². The minimum absolute atomic E-state index is 0.106. The van der Waals surface area contributed by atoms with E-state index in [0.717, 1.165) is 9.13 Å². The molecule has 1 nitrogen and oxygen atoms in total. The first-order valence-corrected chi connectivity index (χ1v) is 4.40. The largest absolute Gasteiger partial charge is 0.294 e. The van der Waals surface area contributed by atoms with Gasteiger partial charge in [-0.15, -0.1) is 0 Å². The standard InChI is InChI=1S/C9H8IO/c1-2-9(11)7-5-3-4-6-8(7)10/h3-6H,1-2H2. The fraction of sp³-hybridized carbons (Fsp3) is 0.111. The van der Waals surface area contributed by atoms with Crippen molar-refractivity contribution in [2.75, 3.05) is 0 Å². The third kappa shape index (κ3) is 2.02. The second kappa shape index (κ2) is 3.85. The summed E-state index contributed by atoms with van der Waals surface area (Å²) in [6.45, 7) is 3.55. The van der Waals surface area contributed by atoms with Gasteiger partial charge in [0.1, 0.15) is 0 Å². The molecule has 0 atom stereocenters. The van der Waals surface area contributed by atoms with Crippen LogP contribution < -0.4 is 0 Å². The van der Waals surface area contributed by atoms with E-state index in [1.165, 1.54) is 0 Å². The van der Waals surface area contributed by atoms with Crippen molar-refractivity contribution in [3.05, 3.63) is 40.3 Å². The monoisotopic (exact) mass is 259 g/mol. The molecule has 1 aromatic rings. The second-order valence-electron chi connectivity index (χ2n) is 2.15. The Morgan fingerprint density at radius 2 is 2.09 bits per heavy atom. The average Bonchev–Trinajstić information content (AvgIpc) is 2.04. The summed E-state index contributed by atoms with van der Waals surface area (Å²) in [5, 5.41) is 0. The van der Waals surface area contributed by atoms with Gasteiger partial charge in [0, 0.05) is 15.6 Å². The molecule has 0 N–H and O–H groups in total. The summed E-state index contributed by atoms with van der Waals surface area (Å²) < 4.78 is 0.999. The van der Waals surface area contributed by atoms with Crippen LogP contribution in [0.4, 0.5) is 0 Å². The second-order valence-corrected chi connectivity index (χ2v) is 3.32. The lowest BCUT2D eigenvalue weighted by Gasteiger charge is -1.98. The average molecular weight is 259 g/mol. The van der Waals surface area contributed by atoms with E-state index in [2.05, 4.69) is 29.5 Å². The molecule has 1 aromatic carbocycles. The van der Waals surface area contributed by atoms with E-state index >= 15 is 0 Å². The zero-order valence-corrected chi connectivity index (χ0v) is 8.17. The molecule has 0 saturated heterocycles. The number of hydrogen-bond donors (Lipinski definition) is 0. The van der Waals surface area contributed by atoms with E-state index in [4.69, 9.17) is 0 Å². The molecule has 0 aliphatic carbocycles. The van der Waals surface area contributed by atoms with E-state index in [9.17, 15) is 4.79 Å². The van der Waals surface area contributed by atoms with Crippen LogP contribution >= 0.6 is 22.6 Å². The van der Waals surface area contributed by atoms with Gasteiger partial charge < -0.3 is 0 Å². The fourth-order valence-electron chi connectivity index (χ4n) is 0.822. The summed E-state index contributed by atoms with van der Waals surface area (Å²) >= 11 is 2.15. The van der Waals surface area contributed by atoms with Crippen LogP contribution in [0.1, 0.15) is 16.8 Å². The SMILES string of the molecule is [CH2]CC(=O)c1ccccc1I. The highest BCUT2D eigenvalue weighted by atomic mass is 127. The smallest absolute Gasteiger partial charge is 0.163 e. The summed E-state index contributed by atoms with van der Waals surface area (Å²) in [5.41, 5.74) is 0.781. The van der Waals surface area contributed by atoms with Gasteiger partial charge in [0.25, 0.3) is 0 Å². The first-order valence-electron chi connectivity index (χ1n) is 3.32. The maximum atomic E-state index is 11.2. The Morgan fingerprint density at radius 3 is 2.64 bits per heavy atom. The quantitative estimate of drug-likeness (QED) is 0.589. The van der Waals surface area contributed by atoms with Crippen LogP contribution in [-0.2, 0) is 0 Å². The zero-order chi connectivity index (χ0) is 8.27. The van der Waals surface area contributed by atoms with Crippen LogP contribution in [0.25, 0.3) is 0 Å². The minimum atomic E-state index is 0.106. The van der Waals surface area contributed by atoms with Crippen molar-refractivity contribution >= 4 is 28.4 Å². The third-order valence-corrected chi connectivity index (χ3v) is 2.34. The van der Waals surface area contributed by atoms with Crippen molar-refractivity contribution in [2.45, 2.75) is 6.42 Å². The predicted molar refractivity (Wildman–Crippen MR) is 53.5 cm³/mol. The molecule has 0 aliphatic rings. The lowest BCUT2D eigenvalue weighted by atomic mass is 10.1. The normalized spacial score (nSPS) is 9.64. The molecule has 2 heteroatoms. The van der Waals surface area contributed by atoms with Crippen LogP contribution in [0.3, 0.4) is 0 Å². The molecule has 1 rings (SSSR count). The third-order valence-electron chi connectivity index (χ3n) is 1.40. The van der Waals surface area contributed by atoms with Crippen molar-refractivity contribution in [3.8, 4) is 0 Å². The number of ketones is 1. The van der Waals surface area contributed by atoms with Crippen LogP contribution in [0.15, 0.2) is 24.3 Å². The van der Waals surface area contributed by atoms with Gasteiger partial charge in [-0.3, -0.25) is 4.79 Å². The highest BCUT2D eigenvalue weighted by Crippen LogP contribution is 2.12. The molecule has 0 amide bonds. The highest BCUT2D eigenvalue weighted by Gasteiger charge is 2.04. The number of hydrogen-bond acceptors (Lipinski definition) is 1. The molecular formula is C9H8IO. The van der Waals surface area contributed by atoms with Crippen LogP contribution in [-0.4, -0.2) is 5.78 Å². The Kier molecular flexibility index (Phi) is 3.05. The molecule has 57 valence electrons. The van der Waals surface area contributed by atoms with Gasteiger partial charge in [-0.1, -0.05) is 18.2 Å². The summed E-state index contributed by atoms with van der Waals surface area (Å²) in [6, 6.07) is 7.53.